The van der Waals surface area contributed by atoms with Gasteiger partial charge in [0, 0.05) is 0 Å². The van der Waals surface area contributed by atoms with Gasteiger partial charge in [0.05, 0.1) is 5.69 Å². The predicted molar refractivity (Wildman–Crippen MR) is 69.2 cm³/mol. The van der Waals surface area contributed by atoms with Gasteiger partial charge in [0.25, 0.3) is 0 Å². The van der Waals surface area contributed by atoms with Crippen LogP contribution in [0.1, 0.15) is 11.1 Å². The lowest BCUT2D eigenvalue weighted by atomic mass is 10.2. The highest BCUT2D eigenvalue weighted by Gasteiger charge is 1.92. The number of hydrogen-bond donors (Lipinski definition) is 0. The molecule has 0 spiro atoms. The summed E-state index contributed by atoms with van der Waals surface area (Å²) < 4.78 is 0. The van der Waals surface area contributed by atoms with Crippen molar-refractivity contribution in [3.05, 3.63) is 72.3 Å². The Hall–Kier alpha value is -2.35. The highest BCUT2D eigenvalue weighted by atomic mass is 16.3. The Balaban J connectivity index is 2.26. The molecule has 0 bridgehead atoms. The fraction of sp³-hybridized carbons (Fsp3) is 0. The molecule has 0 aliphatic rings. The van der Waals surface area contributed by atoms with E-state index in [4.69, 9.17) is 0 Å². The van der Waals surface area contributed by atoms with Crippen molar-refractivity contribution in [2.24, 2.45) is 4.99 Å². The highest BCUT2D eigenvalue weighted by molar-refractivity contribution is 5.92. The van der Waals surface area contributed by atoms with Crippen molar-refractivity contribution in [3.8, 4) is 0 Å². The van der Waals surface area contributed by atoms with Gasteiger partial charge in [-0.2, -0.15) is 0 Å². The normalized spacial score (nSPS) is 11.2. The lowest BCUT2D eigenvalue weighted by Crippen LogP contribution is -2.18. The molecule has 0 fully saturated rings. The van der Waals surface area contributed by atoms with Gasteiger partial charge in [-0.05, 0) is 29.2 Å². The Morgan fingerprint density at radius 1 is 1.00 bits per heavy atom. The third-order valence-corrected chi connectivity index (χ3v) is 2.38. The first-order valence-corrected chi connectivity index (χ1v) is 5.33. The summed E-state index contributed by atoms with van der Waals surface area (Å²) in [4.78, 5) is 4.03. The smallest absolute Gasteiger partial charge is 0.0623 e. The maximum atomic E-state index is 11.8. The zero-order valence-corrected chi connectivity index (χ0v) is 9.34. The van der Waals surface area contributed by atoms with Gasteiger partial charge in [0.2, 0.25) is 0 Å². The first-order chi connectivity index (χ1) is 8.29. The van der Waals surface area contributed by atoms with Crippen LogP contribution < -0.4 is 5.11 Å². The van der Waals surface area contributed by atoms with Gasteiger partial charge >= 0.3 is 0 Å². The number of hydrogen-bond acceptors (Lipinski definition) is 2. The minimum absolute atomic E-state index is 0.225. The van der Waals surface area contributed by atoms with E-state index in [9.17, 15) is 5.11 Å². The summed E-state index contributed by atoms with van der Waals surface area (Å²) >= 11 is 0. The van der Waals surface area contributed by atoms with Gasteiger partial charge in [-0.15, -0.1) is 0 Å². The summed E-state index contributed by atoms with van der Waals surface area (Å²) in [6.45, 7) is 3.67. The van der Waals surface area contributed by atoms with E-state index in [0.717, 1.165) is 5.56 Å². The van der Waals surface area contributed by atoms with Gasteiger partial charge in [-0.25, -0.2) is 0 Å². The minimum Gasteiger partial charge on any atom is -0.858 e. The number of rotatable bonds is 3. The van der Waals surface area contributed by atoms with E-state index in [1.54, 1.807) is 30.3 Å². The van der Waals surface area contributed by atoms with Crippen LogP contribution in [0.4, 0.5) is 5.69 Å². The van der Waals surface area contributed by atoms with E-state index < -0.39 is 0 Å². The van der Waals surface area contributed by atoms with Gasteiger partial charge in [0.15, 0.2) is 0 Å². The summed E-state index contributed by atoms with van der Waals surface area (Å²) in [7, 11) is 0. The Kier molecular flexibility index (Phi) is 3.36. The summed E-state index contributed by atoms with van der Waals surface area (Å²) in [6, 6.07) is 16.4. The molecule has 0 heterocycles. The molecule has 0 amide bonds. The van der Waals surface area contributed by atoms with Crippen molar-refractivity contribution < 1.29 is 5.11 Å². The maximum Gasteiger partial charge on any atom is 0.0623 e. The second kappa shape index (κ2) is 5.12. The molecule has 2 aromatic carbocycles. The molecule has 17 heavy (non-hydrogen) atoms. The Morgan fingerprint density at radius 2 is 1.65 bits per heavy atom. The van der Waals surface area contributed by atoms with Crippen LogP contribution in [-0.2, 0) is 0 Å². The lowest BCUT2D eigenvalue weighted by Gasteiger charge is -2.10. The fourth-order valence-electron chi connectivity index (χ4n) is 1.45. The number of benzene rings is 2. The van der Waals surface area contributed by atoms with Gasteiger partial charge in [0.1, 0.15) is 0 Å². The van der Waals surface area contributed by atoms with E-state index in [0.29, 0.717) is 11.3 Å². The monoisotopic (exact) mass is 222 g/mol. The van der Waals surface area contributed by atoms with Crippen molar-refractivity contribution in [3.63, 3.8) is 0 Å². The second-order valence-corrected chi connectivity index (χ2v) is 3.58. The summed E-state index contributed by atoms with van der Waals surface area (Å²) in [5.74, 6) is -0.225. The van der Waals surface area contributed by atoms with E-state index >= 15 is 0 Å². The van der Waals surface area contributed by atoms with E-state index in [1.807, 2.05) is 30.3 Å². The van der Waals surface area contributed by atoms with Crippen LogP contribution in [0.5, 0.6) is 0 Å². The maximum absolute atomic E-state index is 11.8. The van der Waals surface area contributed by atoms with Crippen LogP contribution >= 0.6 is 0 Å². The molecule has 0 aliphatic carbocycles. The van der Waals surface area contributed by atoms with Crippen molar-refractivity contribution in [2.75, 3.05) is 0 Å². The second-order valence-electron chi connectivity index (χ2n) is 3.58. The zero-order valence-electron chi connectivity index (χ0n) is 9.34. The van der Waals surface area contributed by atoms with E-state index in [1.165, 1.54) is 0 Å². The van der Waals surface area contributed by atoms with Crippen LogP contribution in [0.3, 0.4) is 0 Å². The summed E-state index contributed by atoms with van der Waals surface area (Å²) in [5, 5.41) is 11.8. The third kappa shape index (κ3) is 2.82. The first-order valence-electron chi connectivity index (χ1n) is 5.33. The van der Waals surface area contributed by atoms with Crippen molar-refractivity contribution in [1.82, 2.24) is 0 Å². The molecule has 0 radical (unpaired) electrons. The third-order valence-electron chi connectivity index (χ3n) is 2.38. The molecule has 0 aliphatic heterocycles. The van der Waals surface area contributed by atoms with Crippen molar-refractivity contribution >= 4 is 17.7 Å². The SMILES string of the molecule is C=Cc1ccc(N=C([O-])c2ccccc2)cc1. The molecule has 0 N–H and O–H groups in total. The number of aliphatic imine (C=N–C) groups is 1. The molecule has 0 unspecified atom stereocenters. The minimum atomic E-state index is -0.225. The fourth-order valence-corrected chi connectivity index (χ4v) is 1.45. The van der Waals surface area contributed by atoms with Crippen molar-refractivity contribution in [1.29, 1.82) is 0 Å². The van der Waals surface area contributed by atoms with Crippen LogP contribution in [0, 0.1) is 0 Å². The molecule has 0 saturated carbocycles. The molecular formula is C15H12NO-. The quantitative estimate of drug-likeness (QED) is 0.581. The summed E-state index contributed by atoms with van der Waals surface area (Å²) in [6.07, 6.45) is 1.75. The molecule has 0 atom stereocenters. The lowest BCUT2D eigenvalue weighted by molar-refractivity contribution is -0.212. The first kappa shape index (κ1) is 11.1. The molecule has 0 aromatic heterocycles. The predicted octanol–water partition coefficient (Wildman–Crippen LogP) is 2.77. The molecule has 84 valence electrons. The molecular weight excluding hydrogens is 210 g/mol. The highest BCUT2D eigenvalue weighted by Crippen LogP contribution is 2.14. The van der Waals surface area contributed by atoms with E-state index in [2.05, 4.69) is 11.6 Å². The van der Waals surface area contributed by atoms with Gasteiger partial charge in [-0.3, -0.25) is 4.99 Å². The van der Waals surface area contributed by atoms with E-state index in [-0.39, 0.29) is 5.90 Å². The number of nitrogens with zero attached hydrogens (tertiary/aromatic N) is 1. The molecule has 2 aromatic rings. The molecule has 2 heteroatoms. The van der Waals surface area contributed by atoms with Crippen LogP contribution in [-0.4, -0.2) is 5.90 Å². The topological polar surface area (TPSA) is 35.4 Å². The average molecular weight is 222 g/mol. The van der Waals surface area contributed by atoms with Gasteiger partial charge < -0.3 is 5.11 Å². The van der Waals surface area contributed by atoms with Gasteiger partial charge in [-0.1, -0.05) is 55.1 Å². The Labute approximate surface area is 101 Å². The van der Waals surface area contributed by atoms with Crippen LogP contribution in [0.15, 0.2) is 66.2 Å². The average Bonchev–Trinajstić information content (AvgIpc) is 2.40. The standard InChI is InChI=1S/C15H13NO/c1-2-12-8-10-14(11-9-12)16-15(17)13-6-4-3-5-7-13/h2-11H,1H2,(H,16,17)/p-1. The molecule has 2 nitrogen and oxygen atoms in total. The molecule has 2 rings (SSSR count). The summed E-state index contributed by atoms with van der Waals surface area (Å²) in [5.41, 5.74) is 2.26. The molecule has 0 saturated heterocycles. The van der Waals surface area contributed by atoms with Crippen LogP contribution in [0.2, 0.25) is 0 Å². The Morgan fingerprint density at radius 3 is 2.24 bits per heavy atom. The zero-order chi connectivity index (χ0) is 12.1. The Bertz CT molecular complexity index is 527. The largest absolute Gasteiger partial charge is 0.858 e. The van der Waals surface area contributed by atoms with Crippen LogP contribution in [0.25, 0.3) is 6.08 Å². The van der Waals surface area contributed by atoms with Crippen molar-refractivity contribution in [2.45, 2.75) is 0 Å².